The topological polar surface area (TPSA) is 42.0 Å². The van der Waals surface area contributed by atoms with Crippen LogP contribution in [0, 0.1) is 12.8 Å². The molecule has 1 aromatic rings. The first-order valence-electron chi connectivity index (χ1n) is 5.40. The van der Waals surface area contributed by atoms with Gasteiger partial charge in [-0.15, -0.1) is 11.6 Å². The molecule has 0 saturated heterocycles. The molecule has 0 spiro atoms. The molecule has 1 rings (SSSR count). The number of pyridine rings is 1. The van der Waals surface area contributed by atoms with E-state index in [2.05, 4.69) is 17.2 Å². The molecular weight excluding hydrogens is 224 g/mol. The summed E-state index contributed by atoms with van der Waals surface area (Å²) in [5.74, 6) is 0.988. The number of alkyl halides is 1. The Balaban J connectivity index is 2.47. The van der Waals surface area contributed by atoms with E-state index in [0.29, 0.717) is 23.9 Å². The minimum atomic E-state index is -0.0491. The van der Waals surface area contributed by atoms with Crippen LogP contribution in [0.15, 0.2) is 18.3 Å². The van der Waals surface area contributed by atoms with E-state index in [-0.39, 0.29) is 5.91 Å². The molecule has 3 nitrogen and oxygen atoms in total. The third kappa shape index (κ3) is 4.19. The molecule has 1 heterocycles. The summed E-state index contributed by atoms with van der Waals surface area (Å²) in [4.78, 5) is 15.8. The number of rotatable bonds is 5. The van der Waals surface area contributed by atoms with Crippen molar-refractivity contribution in [3.63, 3.8) is 0 Å². The molecule has 0 aliphatic carbocycles. The van der Waals surface area contributed by atoms with Crippen molar-refractivity contribution in [3.05, 3.63) is 29.6 Å². The first kappa shape index (κ1) is 13.0. The Bertz CT molecular complexity index is 355. The summed E-state index contributed by atoms with van der Waals surface area (Å²) in [6.07, 6.45) is 2.56. The summed E-state index contributed by atoms with van der Waals surface area (Å²) in [7, 11) is 0. The molecular formula is C12H17ClN2O. The summed E-state index contributed by atoms with van der Waals surface area (Å²) in [6, 6.07) is 3.50. The van der Waals surface area contributed by atoms with Crippen LogP contribution in [-0.2, 0) is 0 Å². The standard InChI is InChI=1S/C12H17ClN2O/c1-9(3-5-13)8-15-12(16)11-4-6-14-10(2)7-11/h4,6-7,9H,3,5,8H2,1-2H3,(H,15,16). The minimum absolute atomic E-state index is 0.0491. The molecule has 1 atom stereocenters. The Morgan fingerprint density at radius 1 is 1.62 bits per heavy atom. The van der Waals surface area contributed by atoms with Crippen LogP contribution in [0.2, 0.25) is 0 Å². The molecule has 88 valence electrons. The average Bonchev–Trinajstić information content (AvgIpc) is 2.26. The lowest BCUT2D eigenvalue weighted by molar-refractivity contribution is 0.0947. The van der Waals surface area contributed by atoms with Gasteiger partial charge in [0.05, 0.1) is 0 Å². The Hall–Kier alpha value is -1.09. The largest absolute Gasteiger partial charge is 0.352 e. The number of carbonyl (C=O) groups is 1. The molecule has 0 saturated carbocycles. The maximum Gasteiger partial charge on any atom is 0.251 e. The minimum Gasteiger partial charge on any atom is -0.352 e. The maximum atomic E-state index is 11.7. The first-order valence-corrected chi connectivity index (χ1v) is 5.93. The van der Waals surface area contributed by atoms with Gasteiger partial charge in [0.15, 0.2) is 0 Å². The van der Waals surface area contributed by atoms with Gasteiger partial charge in [0, 0.05) is 29.9 Å². The maximum absolute atomic E-state index is 11.7. The van der Waals surface area contributed by atoms with Gasteiger partial charge in [-0.1, -0.05) is 6.92 Å². The summed E-state index contributed by atoms with van der Waals surface area (Å²) in [6.45, 7) is 4.60. The van der Waals surface area contributed by atoms with Crippen LogP contribution in [0.4, 0.5) is 0 Å². The smallest absolute Gasteiger partial charge is 0.251 e. The first-order chi connectivity index (χ1) is 7.63. The van der Waals surface area contributed by atoms with E-state index in [1.54, 1.807) is 18.3 Å². The van der Waals surface area contributed by atoms with Crippen molar-refractivity contribution in [2.75, 3.05) is 12.4 Å². The van der Waals surface area contributed by atoms with E-state index in [9.17, 15) is 4.79 Å². The number of amides is 1. The molecule has 0 aromatic carbocycles. The third-order valence-electron chi connectivity index (χ3n) is 2.37. The number of aryl methyl sites for hydroxylation is 1. The molecule has 1 unspecified atom stereocenters. The Kier molecular flexibility index (Phi) is 5.26. The summed E-state index contributed by atoms with van der Waals surface area (Å²) in [5, 5.41) is 2.89. The van der Waals surface area contributed by atoms with Gasteiger partial charge in [0.1, 0.15) is 0 Å². The summed E-state index contributed by atoms with van der Waals surface area (Å²) < 4.78 is 0. The SMILES string of the molecule is Cc1cc(C(=O)NCC(C)CCCl)ccn1. The van der Waals surface area contributed by atoms with Crippen LogP contribution >= 0.6 is 11.6 Å². The second-order valence-electron chi connectivity index (χ2n) is 3.98. The number of hydrogen-bond donors (Lipinski definition) is 1. The van der Waals surface area contributed by atoms with Gasteiger partial charge in [-0.3, -0.25) is 9.78 Å². The highest BCUT2D eigenvalue weighted by Gasteiger charge is 2.07. The molecule has 0 radical (unpaired) electrons. The number of nitrogens with zero attached hydrogens (tertiary/aromatic N) is 1. The van der Waals surface area contributed by atoms with Gasteiger partial charge in [-0.25, -0.2) is 0 Å². The van der Waals surface area contributed by atoms with Gasteiger partial charge >= 0.3 is 0 Å². The van der Waals surface area contributed by atoms with Gasteiger partial charge in [0.2, 0.25) is 0 Å². The molecule has 0 aliphatic heterocycles. The van der Waals surface area contributed by atoms with Crippen molar-refractivity contribution in [2.24, 2.45) is 5.92 Å². The molecule has 0 bridgehead atoms. The van der Waals surface area contributed by atoms with Crippen LogP contribution in [-0.4, -0.2) is 23.3 Å². The van der Waals surface area contributed by atoms with Crippen LogP contribution in [0.5, 0.6) is 0 Å². The molecule has 1 N–H and O–H groups in total. The zero-order valence-electron chi connectivity index (χ0n) is 9.66. The van der Waals surface area contributed by atoms with E-state index >= 15 is 0 Å². The van der Waals surface area contributed by atoms with Crippen LogP contribution in [0.1, 0.15) is 29.4 Å². The highest BCUT2D eigenvalue weighted by molar-refractivity contribution is 6.17. The van der Waals surface area contributed by atoms with E-state index in [1.807, 2.05) is 6.92 Å². The zero-order valence-corrected chi connectivity index (χ0v) is 10.4. The fourth-order valence-electron chi connectivity index (χ4n) is 1.34. The monoisotopic (exact) mass is 240 g/mol. The highest BCUT2D eigenvalue weighted by atomic mass is 35.5. The Morgan fingerprint density at radius 3 is 3.00 bits per heavy atom. The lowest BCUT2D eigenvalue weighted by Crippen LogP contribution is -2.28. The third-order valence-corrected chi connectivity index (χ3v) is 2.59. The fraction of sp³-hybridized carbons (Fsp3) is 0.500. The number of carbonyl (C=O) groups excluding carboxylic acids is 1. The van der Waals surface area contributed by atoms with E-state index in [4.69, 9.17) is 11.6 Å². The molecule has 1 amide bonds. The number of nitrogens with one attached hydrogen (secondary N) is 1. The summed E-state index contributed by atoms with van der Waals surface area (Å²) >= 11 is 5.63. The van der Waals surface area contributed by atoms with Gasteiger partial charge in [0.25, 0.3) is 5.91 Å². The molecule has 0 fully saturated rings. The highest BCUT2D eigenvalue weighted by Crippen LogP contribution is 2.03. The van der Waals surface area contributed by atoms with E-state index in [1.165, 1.54) is 0 Å². The second-order valence-corrected chi connectivity index (χ2v) is 4.36. The Morgan fingerprint density at radius 2 is 2.38 bits per heavy atom. The average molecular weight is 241 g/mol. The van der Waals surface area contributed by atoms with Crippen molar-refractivity contribution >= 4 is 17.5 Å². The lowest BCUT2D eigenvalue weighted by Gasteiger charge is -2.11. The van der Waals surface area contributed by atoms with Gasteiger partial charge < -0.3 is 5.32 Å². The second kappa shape index (κ2) is 6.48. The van der Waals surface area contributed by atoms with Crippen molar-refractivity contribution in [3.8, 4) is 0 Å². The molecule has 4 heteroatoms. The van der Waals surface area contributed by atoms with Gasteiger partial charge in [-0.2, -0.15) is 0 Å². The van der Waals surface area contributed by atoms with Crippen LogP contribution in [0.25, 0.3) is 0 Å². The van der Waals surface area contributed by atoms with Crippen molar-refractivity contribution < 1.29 is 4.79 Å². The normalized spacial score (nSPS) is 12.2. The zero-order chi connectivity index (χ0) is 12.0. The predicted molar refractivity (Wildman–Crippen MR) is 65.8 cm³/mol. The van der Waals surface area contributed by atoms with Crippen molar-refractivity contribution in [1.29, 1.82) is 0 Å². The molecule has 16 heavy (non-hydrogen) atoms. The number of hydrogen-bond acceptors (Lipinski definition) is 2. The number of aromatic nitrogens is 1. The quantitative estimate of drug-likeness (QED) is 0.803. The van der Waals surface area contributed by atoms with Crippen LogP contribution in [0.3, 0.4) is 0 Å². The molecule has 0 aliphatic rings. The molecule has 1 aromatic heterocycles. The van der Waals surface area contributed by atoms with E-state index in [0.717, 1.165) is 12.1 Å². The summed E-state index contributed by atoms with van der Waals surface area (Å²) in [5.41, 5.74) is 1.51. The lowest BCUT2D eigenvalue weighted by atomic mass is 10.1. The Labute approximate surface area is 101 Å². The van der Waals surface area contributed by atoms with E-state index < -0.39 is 0 Å². The predicted octanol–water partition coefficient (Wildman–Crippen LogP) is 2.38. The van der Waals surface area contributed by atoms with Crippen molar-refractivity contribution in [1.82, 2.24) is 10.3 Å². The van der Waals surface area contributed by atoms with Gasteiger partial charge in [-0.05, 0) is 31.4 Å². The van der Waals surface area contributed by atoms with Crippen molar-refractivity contribution in [2.45, 2.75) is 20.3 Å². The van der Waals surface area contributed by atoms with Crippen LogP contribution < -0.4 is 5.32 Å². The number of halogens is 1. The fourth-order valence-corrected chi connectivity index (χ4v) is 1.72.